The molecule has 2 heterocycles. The third-order valence-electron chi connectivity index (χ3n) is 5.17. The first-order valence-electron chi connectivity index (χ1n) is 11.9. The number of fused-ring (bicyclic) bond motifs is 1. The van der Waals surface area contributed by atoms with Gasteiger partial charge in [0.2, 0.25) is 0 Å². The summed E-state index contributed by atoms with van der Waals surface area (Å²) in [6.45, 7) is 14.4. The van der Waals surface area contributed by atoms with Crippen molar-refractivity contribution in [3.63, 3.8) is 0 Å². The minimum Gasteiger partial charge on any atom is -0.493 e. The van der Waals surface area contributed by atoms with Gasteiger partial charge in [-0.25, -0.2) is 9.50 Å². The SMILES string of the molecule is CC.CC.COc1cc(Nc2ccn3ncc(-c4cccc(C(C)C)c4)c3n2)cc(C)c1OC.[HH]. The molecule has 0 aliphatic heterocycles. The Morgan fingerprint density at radius 1 is 0.971 bits per heavy atom. The van der Waals surface area contributed by atoms with Crippen molar-refractivity contribution in [2.45, 2.75) is 54.4 Å². The molecule has 34 heavy (non-hydrogen) atoms. The van der Waals surface area contributed by atoms with Gasteiger partial charge < -0.3 is 14.8 Å². The van der Waals surface area contributed by atoms with E-state index in [1.165, 1.54) is 5.56 Å². The van der Waals surface area contributed by atoms with E-state index in [4.69, 9.17) is 14.5 Å². The first-order chi connectivity index (χ1) is 16.5. The molecule has 0 aliphatic carbocycles. The van der Waals surface area contributed by atoms with Gasteiger partial charge in [0.15, 0.2) is 17.1 Å². The van der Waals surface area contributed by atoms with Crippen LogP contribution in [0.15, 0.2) is 54.9 Å². The minimum atomic E-state index is 0. The van der Waals surface area contributed by atoms with E-state index in [1.54, 1.807) is 18.7 Å². The van der Waals surface area contributed by atoms with Crippen LogP contribution in [0.4, 0.5) is 11.5 Å². The average molecular weight is 465 g/mol. The summed E-state index contributed by atoms with van der Waals surface area (Å²) >= 11 is 0. The van der Waals surface area contributed by atoms with E-state index >= 15 is 0 Å². The lowest BCUT2D eigenvalue weighted by Gasteiger charge is -2.14. The Balaban J connectivity index is 0.00000117. The molecule has 0 amide bonds. The number of methoxy groups -OCH3 is 2. The van der Waals surface area contributed by atoms with Crippen molar-refractivity contribution < 1.29 is 10.9 Å². The van der Waals surface area contributed by atoms with Crippen LogP contribution < -0.4 is 14.8 Å². The number of aromatic nitrogens is 3. The molecule has 6 heteroatoms. The average Bonchev–Trinajstić information content (AvgIpc) is 3.29. The van der Waals surface area contributed by atoms with E-state index in [0.717, 1.165) is 39.6 Å². The molecular formula is C28H40N4O2. The molecule has 0 unspecified atom stereocenters. The fraction of sp³-hybridized carbons (Fsp3) is 0.357. The summed E-state index contributed by atoms with van der Waals surface area (Å²) in [5.74, 6) is 2.60. The van der Waals surface area contributed by atoms with Crippen LogP contribution in [0.25, 0.3) is 16.8 Å². The lowest BCUT2D eigenvalue weighted by molar-refractivity contribution is 0.353. The zero-order valence-corrected chi connectivity index (χ0v) is 21.9. The van der Waals surface area contributed by atoms with Gasteiger partial charge in [-0.1, -0.05) is 65.8 Å². The minimum absolute atomic E-state index is 0. The van der Waals surface area contributed by atoms with Crippen LogP contribution in [0.2, 0.25) is 0 Å². The fourth-order valence-electron chi connectivity index (χ4n) is 3.58. The molecule has 0 radical (unpaired) electrons. The van der Waals surface area contributed by atoms with Crippen molar-refractivity contribution in [3.05, 3.63) is 66.0 Å². The highest BCUT2D eigenvalue weighted by Gasteiger charge is 2.13. The zero-order valence-electron chi connectivity index (χ0n) is 21.9. The van der Waals surface area contributed by atoms with Crippen LogP contribution in [0, 0.1) is 6.92 Å². The van der Waals surface area contributed by atoms with Crippen LogP contribution >= 0.6 is 0 Å². The predicted octanol–water partition coefficient (Wildman–Crippen LogP) is 7.89. The third kappa shape index (κ3) is 5.87. The maximum atomic E-state index is 5.46. The summed E-state index contributed by atoms with van der Waals surface area (Å²) in [5, 5.41) is 7.84. The zero-order chi connectivity index (χ0) is 25.3. The number of benzene rings is 2. The molecule has 2 aromatic heterocycles. The van der Waals surface area contributed by atoms with E-state index in [1.807, 2.05) is 65.2 Å². The molecule has 0 saturated carbocycles. The second kappa shape index (κ2) is 12.6. The third-order valence-corrected chi connectivity index (χ3v) is 5.17. The van der Waals surface area contributed by atoms with Crippen LogP contribution in [-0.2, 0) is 0 Å². The molecule has 1 N–H and O–H groups in total. The monoisotopic (exact) mass is 464 g/mol. The van der Waals surface area contributed by atoms with Crippen LogP contribution in [0.1, 0.15) is 60.0 Å². The highest BCUT2D eigenvalue weighted by atomic mass is 16.5. The Hall–Kier alpha value is -3.54. The molecular weight excluding hydrogens is 424 g/mol. The van der Waals surface area contributed by atoms with Gasteiger partial charge in [-0.05, 0) is 41.7 Å². The smallest absolute Gasteiger partial charge is 0.165 e. The summed E-state index contributed by atoms with van der Waals surface area (Å²) in [4.78, 5) is 4.83. The lowest BCUT2D eigenvalue weighted by atomic mass is 9.99. The summed E-state index contributed by atoms with van der Waals surface area (Å²) < 4.78 is 12.7. The highest BCUT2D eigenvalue weighted by molar-refractivity contribution is 5.78. The van der Waals surface area contributed by atoms with Gasteiger partial charge in [0.25, 0.3) is 0 Å². The summed E-state index contributed by atoms with van der Waals surface area (Å²) in [5.41, 5.74) is 6.08. The first-order valence-corrected chi connectivity index (χ1v) is 11.9. The van der Waals surface area contributed by atoms with E-state index in [-0.39, 0.29) is 1.43 Å². The molecule has 4 rings (SSSR count). The van der Waals surface area contributed by atoms with E-state index in [9.17, 15) is 0 Å². The number of rotatable bonds is 6. The standard InChI is InChI=1S/C24H26N4O2.2C2H6.H2/c1-15(2)17-7-6-8-18(12-17)20-14-25-28-10-9-22(27-24(20)28)26-19-11-16(3)23(30-5)21(13-19)29-4;2*1-2;/h6-15H,1-5H3,(H,26,27);2*1-2H3;1H. The molecule has 184 valence electrons. The van der Waals surface area contributed by atoms with Gasteiger partial charge in [0, 0.05) is 24.9 Å². The van der Waals surface area contributed by atoms with Gasteiger partial charge in [-0.2, -0.15) is 5.10 Å². The Morgan fingerprint density at radius 2 is 1.71 bits per heavy atom. The predicted molar refractivity (Wildman–Crippen MR) is 145 cm³/mol. The van der Waals surface area contributed by atoms with E-state index < -0.39 is 0 Å². The number of hydrogen-bond acceptors (Lipinski definition) is 5. The van der Waals surface area contributed by atoms with Crippen LogP contribution in [0.5, 0.6) is 11.5 Å². The van der Waals surface area contributed by atoms with E-state index in [2.05, 4.69) is 48.5 Å². The molecule has 6 nitrogen and oxygen atoms in total. The molecule has 0 atom stereocenters. The Morgan fingerprint density at radius 3 is 2.35 bits per heavy atom. The van der Waals surface area contributed by atoms with Crippen LogP contribution in [-0.4, -0.2) is 28.8 Å². The van der Waals surface area contributed by atoms with Crippen molar-refractivity contribution in [1.82, 2.24) is 14.6 Å². The Bertz CT molecular complexity index is 1210. The Kier molecular flexibility index (Phi) is 9.92. The number of anilines is 2. The van der Waals surface area contributed by atoms with Gasteiger partial charge in [-0.15, -0.1) is 0 Å². The molecule has 4 aromatic rings. The van der Waals surface area contributed by atoms with E-state index in [0.29, 0.717) is 11.7 Å². The topological polar surface area (TPSA) is 60.7 Å². The number of aryl methyl sites for hydroxylation is 1. The second-order valence-corrected chi connectivity index (χ2v) is 7.57. The second-order valence-electron chi connectivity index (χ2n) is 7.57. The molecule has 0 saturated heterocycles. The normalized spacial score (nSPS) is 10.2. The largest absolute Gasteiger partial charge is 0.493 e. The van der Waals surface area contributed by atoms with Gasteiger partial charge in [-0.3, -0.25) is 0 Å². The number of nitrogens with zero attached hydrogens (tertiary/aromatic N) is 3. The summed E-state index contributed by atoms with van der Waals surface area (Å²) in [6, 6.07) is 14.4. The number of nitrogens with one attached hydrogen (secondary N) is 1. The first kappa shape index (κ1) is 26.7. The molecule has 2 aromatic carbocycles. The van der Waals surface area contributed by atoms with Crippen molar-refractivity contribution >= 4 is 17.2 Å². The van der Waals surface area contributed by atoms with Crippen molar-refractivity contribution in [2.24, 2.45) is 0 Å². The van der Waals surface area contributed by atoms with Crippen molar-refractivity contribution in [1.29, 1.82) is 0 Å². The van der Waals surface area contributed by atoms with Gasteiger partial charge in [0.05, 0.1) is 20.4 Å². The van der Waals surface area contributed by atoms with Gasteiger partial charge in [0.1, 0.15) is 5.82 Å². The summed E-state index contributed by atoms with van der Waals surface area (Å²) in [7, 11) is 3.28. The highest BCUT2D eigenvalue weighted by Crippen LogP contribution is 2.35. The maximum absolute atomic E-state index is 5.46. The quantitative estimate of drug-likeness (QED) is 0.314. The lowest BCUT2D eigenvalue weighted by Crippen LogP contribution is -2.00. The molecule has 0 spiro atoms. The van der Waals surface area contributed by atoms with Crippen molar-refractivity contribution in [2.75, 3.05) is 19.5 Å². The molecule has 0 bridgehead atoms. The van der Waals surface area contributed by atoms with Crippen molar-refractivity contribution in [3.8, 4) is 22.6 Å². The fourth-order valence-corrected chi connectivity index (χ4v) is 3.58. The maximum Gasteiger partial charge on any atom is 0.165 e. The number of ether oxygens (including phenoxy) is 2. The summed E-state index contributed by atoms with van der Waals surface area (Å²) in [6.07, 6.45) is 3.78. The Labute approximate surface area is 205 Å². The molecule has 0 fully saturated rings. The van der Waals surface area contributed by atoms with Crippen LogP contribution in [0.3, 0.4) is 0 Å². The number of hydrogen-bond donors (Lipinski definition) is 1. The molecule has 0 aliphatic rings. The van der Waals surface area contributed by atoms with Gasteiger partial charge >= 0.3 is 0 Å².